The minimum Gasteiger partial charge on any atom is -0.453 e. The molecule has 0 fully saturated rings. The summed E-state index contributed by atoms with van der Waals surface area (Å²) in [4.78, 5) is 16.3. The molecule has 1 aliphatic heterocycles. The maximum atomic E-state index is 12.1. The van der Waals surface area contributed by atoms with Crippen LogP contribution in [0.25, 0.3) is 0 Å². The third-order valence-electron chi connectivity index (χ3n) is 3.89. The standard InChI is InChI=1S/C16H18N2O3/c1-10(19)13-8-17-9-18(13)14-11-6-4-5-7-12(11)15(20)21-16(14,2)3/h4-10,14,19H,1-3H3/t10?,14-/m1/s1. The highest BCUT2D eigenvalue weighted by Gasteiger charge is 2.43. The van der Waals surface area contributed by atoms with Crippen molar-refractivity contribution in [2.45, 2.75) is 38.5 Å². The lowest BCUT2D eigenvalue weighted by atomic mass is 9.85. The third kappa shape index (κ3) is 2.14. The predicted octanol–water partition coefficient (Wildman–Crippen LogP) is 2.47. The number of rotatable bonds is 2. The zero-order chi connectivity index (χ0) is 15.2. The van der Waals surface area contributed by atoms with Crippen molar-refractivity contribution in [2.24, 2.45) is 0 Å². The van der Waals surface area contributed by atoms with Crippen LogP contribution in [0.3, 0.4) is 0 Å². The third-order valence-corrected chi connectivity index (χ3v) is 3.89. The summed E-state index contributed by atoms with van der Waals surface area (Å²) in [5.41, 5.74) is 1.42. The number of fused-ring (bicyclic) bond motifs is 1. The smallest absolute Gasteiger partial charge is 0.339 e. The fraction of sp³-hybridized carbons (Fsp3) is 0.375. The molecule has 2 atom stereocenters. The topological polar surface area (TPSA) is 64.4 Å². The summed E-state index contributed by atoms with van der Waals surface area (Å²) in [6, 6.07) is 7.18. The molecule has 5 heteroatoms. The lowest BCUT2D eigenvalue weighted by molar-refractivity contribution is -0.0273. The SMILES string of the molecule is CC(O)c1cncn1[C@@H]1c2ccccc2C(=O)OC1(C)C. The minimum absolute atomic E-state index is 0.224. The van der Waals surface area contributed by atoms with E-state index < -0.39 is 11.7 Å². The van der Waals surface area contributed by atoms with Gasteiger partial charge in [-0.05, 0) is 32.4 Å². The number of nitrogens with zero attached hydrogens (tertiary/aromatic N) is 2. The Balaban J connectivity index is 2.22. The molecule has 0 aliphatic carbocycles. The van der Waals surface area contributed by atoms with Crippen LogP contribution < -0.4 is 0 Å². The molecule has 0 amide bonds. The summed E-state index contributed by atoms with van der Waals surface area (Å²) < 4.78 is 7.49. The Morgan fingerprint density at radius 2 is 2.10 bits per heavy atom. The predicted molar refractivity (Wildman–Crippen MR) is 76.9 cm³/mol. The van der Waals surface area contributed by atoms with E-state index in [1.165, 1.54) is 0 Å². The number of carbonyl (C=O) groups is 1. The molecule has 0 saturated heterocycles. The molecule has 3 rings (SSSR count). The van der Waals surface area contributed by atoms with Crippen LogP contribution in [-0.4, -0.2) is 26.2 Å². The number of ether oxygens (including phenoxy) is 1. The Kier molecular flexibility index (Phi) is 3.10. The number of aliphatic hydroxyl groups excluding tert-OH is 1. The van der Waals surface area contributed by atoms with Crippen LogP contribution in [0.1, 0.15) is 54.5 Å². The van der Waals surface area contributed by atoms with Crippen LogP contribution in [0.4, 0.5) is 0 Å². The molecule has 0 bridgehead atoms. The van der Waals surface area contributed by atoms with Crippen LogP contribution in [0.15, 0.2) is 36.8 Å². The fourth-order valence-electron chi connectivity index (χ4n) is 2.98. The highest BCUT2D eigenvalue weighted by Crippen LogP contribution is 2.40. The van der Waals surface area contributed by atoms with Gasteiger partial charge in [-0.1, -0.05) is 18.2 Å². The number of esters is 1. The van der Waals surface area contributed by atoms with Gasteiger partial charge in [0.25, 0.3) is 0 Å². The molecule has 1 N–H and O–H groups in total. The summed E-state index contributed by atoms with van der Waals surface area (Å²) in [7, 11) is 0. The quantitative estimate of drug-likeness (QED) is 0.861. The minimum atomic E-state index is -0.726. The molecule has 0 radical (unpaired) electrons. The van der Waals surface area contributed by atoms with Crippen molar-refractivity contribution in [1.82, 2.24) is 9.55 Å². The monoisotopic (exact) mass is 286 g/mol. The Morgan fingerprint density at radius 3 is 2.81 bits per heavy atom. The number of imidazole rings is 1. The molecular formula is C16H18N2O3. The Labute approximate surface area is 123 Å². The van der Waals surface area contributed by atoms with E-state index in [1.54, 1.807) is 25.5 Å². The number of aromatic nitrogens is 2. The normalized spacial score (nSPS) is 21.5. The van der Waals surface area contributed by atoms with Crippen LogP contribution in [0, 0.1) is 0 Å². The zero-order valence-electron chi connectivity index (χ0n) is 12.3. The van der Waals surface area contributed by atoms with Crippen LogP contribution in [0.5, 0.6) is 0 Å². The number of hydrogen-bond donors (Lipinski definition) is 1. The van der Waals surface area contributed by atoms with Crippen LogP contribution in [-0.2, 0) is 4.74 Å². The molecule has 0 spiro atoms. The van der Waals surface area contributed by atoms with Gasteiger partial charge in [-0.2, -0.15) is 0 Å². The molecule has 2 heterocycles. The largest absolute Gasteiger partial charge is 0.453 e. The molecule has 1 unspecified atom stereocenters. The van der Waals surface area contributed by atoms with Crippen molar-refractivity contribution in [3.63, 3.8) is 0 Å². The van der Waals surface area contributed by atoms with E-state index in [-0.39, 0.29) is 12.0 Å². The molecule has 1 aromatic carbocycles. The summed E-state index contributed by atoms with van der Waals surface area (Å²) in [6.45, 7) is 5.44. The van der Waals surface area contributed by atoms with E-state index in [2.05, 4.69) is 4.98 Å². The average Bonchev–Trinajstić information content (AvgIpc) is 2.87. The summed E-state index contributed by atoms with van der Waals surface area (Å²) in [5, 5.41) is 9.93. The maximum Gasteiger partial charge on any atom is 0.339 e. The number of carbonyl (C=O) groups excluding carboxylic acids is 1. The van der Waals surface area contributed by atoms with Crippen molar-refractivity contribution >= 4 is 5.97 Å². The average molecular weight is 286 g/mol. The first-order chi connectivity index (χ1) is 9.92. The molecule has 21 heavy (non-hydrogen) atoms. The van der Waals surface area contributed by atoms with Gasteiger partial charge in [0.1, 0.15) is 5.60 Å². The van der Waals surface area contributed by atoms with Crippen LogP contribution >= 0.6 is 0 Å². The highest BCUT2D eigenvalue weighted by atomic mass is 16.6. The molecule has 5 nitrogen and oxygen atoms in total. The first-order valence-electron chi connectivity index (χ1n) is 6.94. The van der Waals surface area contributed by atoms with E-state index >= 15 is 0 Å². The van der Waals surface area contributed by atoms with Crippen molar-refractivity contribution in [3.8, 4) is 0 Å². The molecule has 110 valence electrons. The number of aliphatic hydroxyl groups is 1. The fourth-order valence-corrected chi connectivity index (χ4v) is 2.98. The second-order valence-electron chi connectivity index (χ2n) is 5.88. The first kappa shape index (κ1) is 13.8. The summed E-state index contributed by atoms with van der Waals surface area (Å²) in [6.07, 6.45) is 2.66. The molecular weight excluding hydrogens is 268 g/mol. The first-order valence-corrected chi connectivity index (χ1v) is 6.94. The van der Waals surface area contributed by atoms with E-state index in [0.717, 1.165) is 5.56 Å². The Hall–Kier alpha value is -2.14. The highest BCUT2D eigenvalue weighted by molar-refractivity contribution is 5.93. The molecule has 2 aromatic rings. The van der Waals surface area contributed by atoms with E-state index in [9.17, 15) is 9.90 Å². The lowest BCUT2D eigenvalue weighted by Crippen LogP contribution is -2.44. The summed E-state index contributed by atoms with van der Waals surface area (Å²) in [5.74, 6) is -0.314. The van der Waals surface area contributed by atoms with Gasteiger partial charge < -0.3 is 14.4 Å². The molecule has 0 saturated carbocycles. The zero-order valence-corrected chi connectivity index (χ0v) is 12.3. The van der Waals surface area contributed by atoms with Crippen LogP contribution in [0.2, 0.25) is 0 Å². The van der Waals surface area contributed by atoms with Gasteiger partial charge in [0, 0.05) is 0 Å². The second kappa shape index (κ2) is 4.70. The Morgan fingerprint density at radius 1 is 1.38 bits per heavy atom. The number of hydrogen-bond acceptors (Lipinski definition) is 4. The summed E-state index contributed by atoms with van der Waals surface area (Å²) >= 11 is 0. The van der Waals surface area contributed by atoms with Crippen molar-refractivity contribution in [2.75, 3.05) is 0 Å². The molecule has 1 aromatic heterocycles. The van der Waals surface area contributed by atoms with Gasteiger partial charge in [0.15, 0.2) is 0 Å². The number of cyclic esters (lactones) is 1. The van der Waals surface area contributed by atoms with E-state index in [0.29, 0.717) is 11.3 Å². The molecule has 1 aliphatic rings. The van der Waals surface area contributed by atoms with E-state index in [4.69, 9.17) is 4.74 Å². The van der Waals surface area contributed by atoms with Crippen molar-refractivity contribution < 1.29 is 14.6 Å². The lowest BCUT2D eigenvalue weighted by Gasteiger charge is -2.40. The van der Waals surface area contributed by atoms with Gasteiger partial charge >= 0.3 is 5.97 Å². The number of benzene rings is 1. The van der Waals surface area contributed by atoms with Gasteiger partial charge in [0.2, 0.25) is 0 Å². The van der Waals surface area contributed by atoms with Crippen molar-refractivity contribution in [3.05, 3.63) is 53.6 Å². The van der Waals surface area contributed by atoms with Gasteiger partial charge in [-0.25, -0.2) is 9.78 Å². The van der Waals surface area contributed by atoms with Crippen molar-refractivity contribution in [1.29, 1.82) is 0 Å². The maximum absolute atomic E-state index is 12.1. The van der Waals surface area contributed by atoms with Gasteiger partial charge in [0.05, 0.1) is 35.9 Å². The second-order valence-corrected chi connectivity index (χ2v) is 5.88. The Bertz CT molecular complexity index is 688. The van der Waals surface area contributed by atoms with Gasteiger partial charge in [-0.15, -0.1) is 0 Å². The van der Waals surface area contributed by atoms with E-state index in [1.807, 2.05) is 36.6 Å². The van der Waals surface area contributed by atoms with Gasteiger partial charge in [-0.3, -0.25) is 0 Å².